The summed E-state index contributed by atoms with van der Waals surface area (Å²) in [7, 11) is 0. The van der Waals surface area contributed by atoms with E-state index in [1.54, 1.807) is 12.1 Å². The Balaban J connectivity index is 2.50. The van der Waals surface area contributed by atoms with Crippen molar-refractivity contribution in [2.24, 2.45) is 11.7 Å². The van der Waals surface area contributed by atoms with E-state index in [1.807, 2.05) is 44.2 Å². The van der Waals surface area contributed by atoms with Crippen molar-refractivity contribution in [2.75, 3.05) is 5.32 Å². The summed E-state index contributed by atoms with van der Waals surface area (Å²) < 4.78 is 13.0. The fourth-order valence-corrected chi connectivity index (χ4v) is 2.50. The molecule has 1 atom stereocenters. The first-order chi connectivity index (χ1) is 9.96. The molecule has 2 aromatic carbocycles. The van der Waals surface area contributed by atoms with Gasteiger partial charge in [-0.2, -0.15) is 0 Å². The lowest BCUT2D eigenvalue weighted by Gasteiger charge is -2.37. The molecular formula is C17H19FN2O. The fourth-order valence-electron chi connectivity index (χ4n) is 2.50. The Morgan fingerprint density at radius 1 is 1.10 bits per heavy atom. The maximum Gasteiger partial charge on any atom is 0.248 e. The maximum atomic E-state index is 13.0. The highest BCUT2D eigenvalue weighted by Gasteiger charge is 2.41. The van der Waals surface area contributed by atoms with Crippen LogP contribution in [-0.4, -0.2) is 5.91 Å². The molecule has 0 bridgehead atoms. The van der Waals surface area contributed by atoms with Crippen LogP contribution in [0.2, 0.25) is 0 Å². The third kappa shape index (κ3) is 2.89. The van der Waals surface area contributed by atoms with Crippen LogP contribution in [0.25, 0.3) is 0 Å². The van der Waals surface area contributed by atoms with Crippen LogP contribution in [0.1, 0.15) is 19.4 Å². The molecular weight excluding hydrogens is 267 g/mol. The molecule has 4 heteroatoms. The highest BCUT2D eigenvalue weighted by atomic mass is 19.1. The second-order valence-corrected chi connectivity index (χ2v) is 5.32. The van der Waals surface area contributed by atoms with Gasteiger partial charge in [0.05, 0.1) is 0 Å². The van der Waals surface area contributed by atoms with Crippen LogP contribution in [0.5, 0.6) is 0 Å². The lowest BCUT2D eigenvalue weighted by Crippen LogP contribution is -2.51. The number of rotatable bonds is 5. The zero-order valence-electron chi connectivity index (χ0n) is 12.1. The summed E-state index contributed by atoms with van der Waals surface area (Å²) in [5.74, 6) is -0.870. The van der Waals surface area contributed by atoms with Gasteiger partial charge in [-0.3, -0.25) is 4.79 Å². The van der Waals surface area contributed by atoms with Crippen molar-refractivity contribution in [2.45, 2.75) is 19.4 Å². The summed E-state index contributed by atoms with van der Waals surface area (Å²) in [6.07, 6.45) is 0. The number of benzene rings is 2. The molecule has 0 aromatic heterocycles. The molecule has 1 unspecified atom stereocenters. The third-order valence-electron chi connectivity index (χ3n) is 3.67. The largest absolute Gasteiger partial charge is 0.367 e. The molecule has 2 rings (SSSR count). The Kier molecular flexibility index (Phi) is 4.26. The molecule has 21 heavy (non-hydrogen) atoms. The van der Waals surface area contributed by atoms with Gasteiger partial charge < -0.3 is 11.1 Å². The van der Waals surface area contributed by atoms with Gasteiger partial charge in [0.2, 0.25) is 5.91 Å². The Morgan fingerprint density at radius 3 is 2.14 bits per heavy atom. The van der Waals surface area contributed by atoms with Gasteiger partial charge in [0.1, 0.15) is 11.4 Å². The lowest BCUT2D eigenvalue weighted by molar-refractivity contribution is -0.124. The van der Waals surface area contributed by atoms with Crippen molar-refractivity contribution in [1.82, 2.24) is 0 Å². The SMILES string of the molecule is CC(C)C(Nc1ccc(F)cc1)(C(N)=O)c1ccccc1. The van der Waals surface area contributed by atoms with E-state index in [0.29, 0.717) is 5.69 Å². The van der Waals surface area contributed by atoms with Gasteiger partial charge in [-0.25, -0.2) is 4.39 Å². The van der Waals surface area contributed by atoms with Crippen molar-refractivity contribution in [1.29, 1.82) is 0 Å². The molecule has 3 nitrogen and oxygen atoms in total. The molecule has 0 saturated heterocycles. The number of halogens is 1. The number of hydrogen-bond acceptors (Lipinski definition) is 2. The van der Waals surface area contributed by atoms with E-state index in [0.717, 1.165) is 5.56 Å². The smallest absolute Gasteiger partial charge is 0.248 e. The van der Waals surface area contributed by atoms with Crippen LogP contribution in [0, 0.1) is 11.7 Å². The number of carbonyl (C=O) groups excluding carboxylic acids is 1. The number of carbonyl (C=O) groups is 1. The molecule has 0 radical (unpaired) electrons. The first kappa shape index (κ1) is 15.0. The second-order valence-electron chi connectivity index (χ2n) is 5.32. The zero-order valence-corrected chi connectivity index (χ0v) is 12.1. The molecule has 0 spiro atoms. The Bertz CT molecular complexity index is 610. The minimum atomic E-state index is -1.04. The van der Waals surface area contributed by atoms with Gasteiger partial charge in [-0.05, 0) is 35.7 Å². The summed E-state index contributed by atoms with van der Waals surface area (Å²) in [5.41, 5.74) is 6.10. The molecule has 0 saturated carbocycles. The van der Waals surface area contributed by atoms with Crippen LogP contribution in [-0.2, 0) is 10.3 Å². The van der Waals surface area contributed by atoms with E-state index >= 15 is 0 Å². The monoisotopic (exact) mass is 286 g/mol. The van der Waals surface area contributed by atoms with Gasteiger partial charge in [0.15, 0.2) is 0 Å². The Morgan fingerprint density at radius 2 is 1.67 bits per heavy atom. The van der Waals surface area contributed by atoms with E-state index in [4.69, 9.17) is 5.73 Å². The minimum Gasteiger partial charge on any atom is -0.367 e. The summed E-state index contributed by atoms with van der Waals surface area (Å²) in [4.78, 5) is 12.2. The number of nitrogens with one attached hydrogen (secondary N) is 1. The molecule has 2 aromatic rings. The van der Waals surface area contributed by atoms with E-state index in [1.165, 1.54) is 12.1 Å². The van der Waals surface area contributed by atoms with Crippen LogP contribution in [0.3, 0.4) is 0 Å². The summed E-state index contributed by atoms with van der Waals surface area (Å²) >= 11 is 0. The molecule has 0 aliphatic carbocycles. The molecule has 0 aliphatic heterocycles. The normalized spacial score (nSPS) is 13.7. The summed E-state index contributed by atoms with van der Waals surface area (Å²) in [5, 5.41) is 3.19. The van der Waals surface area contributed by atoms with E-state index in [-0.39, 0.29) is 11.7 Å². The predicted molar refractivity (Wildman–Crippen MR) is 82.2 cm³/mol. The van der Waals surface area contributed by atoms with Gasteiger partial charge >= 0.3 is 0 Å². The van der Waals surface area contributed by atoms with Crippen LogP contribution >= 0.6 is 0 Å². The quantitative estimate of drug-likeness (QED) is 0.886. The Labute approximate surface area is 124 Å². The number of amides is 1. The first-order valence-electron chi connectivity index (χ1n) is 6.86. The number of hydrogen-bond donors (Lipinski definition) is 2. The van der Waals surface area contributed by atoms with Crippen molar-refractivity contribution < 1.29 is 9.18 Å². The van der Waals surface area contributed by atoms with Gasteiger partial charge in [-0.1, -0.05) is 44.2 Å². The van der Waals surface area contributed by atoms with Crippen LogP contribution < -0.4 is 11.1 Å². The molecule has 110 valence electrons. The molecule has 1 amide bonds. The standard InChI is InChI=1S/C17H19FN2O/c1-12(2)17(16(19)21,13-6-4-3-5-7-13)20-15-10-8-14(18)9-11-15/h3-12,20H,1-2H3,(H2,19,21). The zero-order chi connectivity index (χ0) is 15.5. The van der Waals surface area contributed by atoms with Crippen LogP contribution in [0.15, 0.2) is 54.6 Å². The third-order valence-corrected chi connectivity index (χ3v) is 3.67. The average molecular weight is 286 g/mol. The van der Waals surface area contributed by atoms with Crippen molar-refractivity contribution in [3.8, 4) is 0 Å². The van der Waals surface area contributed by atoms with Gasteiger partial charge in [0, 0.05) is 5.69 Å². The predicted octanol–water partition coefficient (Wildman–Crippen LogP) is 3.27. The van der Waals surface area contributed by atoms with Crippen molar-refractivity contribution >= 4 is 11.6 Å². The summed E-state index contributed by atoms with van der Waals surface area (Å²) in [6.45, 7) is 3.85. The van der Waals surface area contributed by atoms with Crippen LogP contribution in [0.4, 0.5) is 10.1 Å². The van der Waals surface area contributed by atoms with E-state index in [2.05, 4.69) is 5.32 Å². The average Bonchev–Trinajstić information content (AvgIpc) is 2.47. The van der Waals surface area contributed by atoms with Crippen molar-refractivity contribution in [3.63, 3.8) is 0 Å². The molecule has 0 fully saturated rings. The van der Waals surface area contributed by atoms with E-state index in [9.17, 15) is 9.18 Å². The lowest BCUT2D eigenvalue weighted by atomic mass is 9.79. The first-order valence-corrected chi connectivity index (χ1v) is 6.86. The topological polar surface area (TPSA) is 55.1 Å². The number of anilines is 1. The fraction of sp³-hybridized carbons (Fsp3) is 0.235. The van der Waals surface area contributed by atoms with Crippen molar-refractivity contribution in [3.05, 3.63) is 66.0 Å². The number of nitrogens with two attached hydrogens (primary N) is 1. The highest BCUT2D eigenvalue weighted by molar-refractivity contribution is 5.89. The van der Waals surface area contributed by atoms with Gasteiger partial charge in [0.25, 0.3) is 0 Å². The van der Waals surface area contributed by atoms with Gasteiger partial charge in [-0.15, -0.1) is 0 Å². The molecule has 0 heterocycles. The summed E-state index contributed by atoms with van der Waals surface area (Å²) in [6, 6.07) is 15.2. The maximum absolute atomic E-state index is 13.0. The van der Waals surface area contributed by atoms with E-state index < -0.39 is 11.4 Å². The molecule has 3 N–H and O–H groups in total. The number of primary amides is 1. The highest BCUT2D eigenvalue weighted by Crippen LogP contribution is 2.33. The second kappa shape index (κ2) is 5.95. The molecule has 0 aliphatic rings. The Hall–Kier alpha value is -2.36. The minimum absolute atomic E-state index is 0.0811.